The van der Waals surface area contributed by atoms with E-state index in [4.69, 9.17) is 4.74 Å². The average molecular weight is 281 g/mol. The zero-order chi connectivity index (χ0) is 14.6. The standard InChI is InChI=1S/C18H35NO/c1-5-19-16-10-9-15(18(2,3)4)13-17(16)20-12-11-14-7-6-8-14/h14-17,19H,5-13H2,1-4H3. The van der Waals surface area contributed by atoms with Gasteiger partial charge in [-0.3, -0.25) is 0 Å². The van der Waals surface area contributed by atoms with Crippen molar-refractivity contribution in [3.8, 4) is 0 Å². The Morgan fingerprint density at radius 3 is 2.40 bits per heavy atom. The summed E-state index contributed by atoms with van der Waals surface area (Å²) >= 11 is 0. The molecule has 3 unspecified atom stereocenters. The summed E-state index contributed by atoms with van der Waals surface area (Å²) < 4.78 is 6.32. The molecule has 2 heteroatoms. The molecule has 0 spiro atoms. The van der Waals surface area contributed by atoms with Crippen molar-refractivity contribution in [2.45, 2.75) is 84.8 Å². The fourth-order valence-corrected chi connectivity index (χ4v) is 3.76. The number of hydrogen-bond donors (Lipinski definition) is 1. The van der Waals surface area contributed by atoms with Crippen molar-refractivity contribution in [3.05, 3.63) is 0 Å². The van der Waals surface area contributed by atoms with E-state index in [-0.39, 0.29) is 0 Å². The van der Waals surface area contributed by atoms with E-state index in [0.29, 0.717) is 17.6 Å². The highest BCUT2D eigenvalue weighted by Gasteiger charge is 2.36. The summed E-state index contributed by atoms with van der Waals surface area (Å²) in [5.41, 5.74) is 0.423. The quantitative estimate of drug-likeness (QED) is 0.780. The third-order valence-electron chi connectivity index (χ3n) is 5.57. The van der Waals surface area contributed by atoms with Gasteiger partial charge in [-0.25, -0.2) is 0 Å². The van der Waals surface area contributed by atoms with Gasteiger partial charge >= 0.3 is 0 Å². The highest BCUT2D eigenvalue weighted by atomic mass is 16.5. The average Bonchev–Trinajstić information content (AvgIpc) is 2.33. The van der Waals surface area contributed by atoms with E-state index >= 15 is 0 Å². The van der Waals surface area contributed by atoms with Gasteiger partial charge < -0.3 is 10.1 Å². The molecule has 2 aliphatic carbocycles. The normalized spacial score (nSPS) is 32.1. The lowest BCUT2D eigenvalue weighted by Crippen LogP contribution is -2.47. The van der Waals surface area contributed by atoms with Crippen LogP contribution in [0.5, 0.6) is 0 Å². The fraction of sp³-hybridized carbons (Fsp3) is 1.00. The lowest BCUT2D eigenvalue weighted by Gasteiger charge is -2.42. The van der Waals surface area contributed by atoms with Gasteiger partial charge in [-0.15, -0.1) is 0 Å². The summed E-state index contributed by atoms with van der Waals surface area (Å²) in [6, 6.07) is 0.583. The van der Waals surface area contributed by atoms with Crippen molar-refractivity contribution >= 4 is 0 Å². The van der Waals surface area contributed by atoms with E-state index < -0.39 is 0 Å². The summed E-state index contributed by atoms with van der Waals surface area (Å²) in [6.07, 6.45) is 9.92. The monoisotopic (exact) mass is 281 g/mol. The first-order valence-corrected chi connectivity index (χ1v) is 8.85. The van der Waals surface area contributed by atoms with Gasteiger partial charge in [0.05, 0.1) is 6.10 Å². The Morgan fingerprint density at radius 2 is 1.85 bits per heavy atom. The number of hydrogen-bond acceptors (Lipinski definition) is 2. The van der Waals surface area contributed by atoms with Crippen molar-refractivity contribution in [1.82, 2.24) is 5.32 Å². The van der Waals surface area contributed by atoms with E-state index in [1.54, 1.807) is 0 Å². The van der Waals surface area contributed by atoms with Gasteiger partial charge in [0.15, 0.2) is 0 Å². The molecule has 0 aromatic rings. The molecule has 20 heavy (non-hydrogen) atoms. The number of rotatable bonds is 6. The molecule has 0 heterocycles. The van der Waals surface area contributed by atoms with Crippen molar-refractivity contribution in [2.75, 3.05) is 13.2 Å². The molecule has 2 aliphatic rings. The maximum Gasteiger partial charge on any atom is 0.0730 e. The molecule has 0 amide bonds. The van der Waals surface area contributed by atoms with Crippen LogP contribution >= 0.6 is 0 Å². The first-order valence-electron chi connectivity index (χ1n) is 8.85. The van der Waals surface area contributed by atoms with Gasteiger partial charge in [0, 0.05) is 12.6 Å². The van der Waals surface area contributed by atoms with Crippen LogP contribution in [0.15, 0.2) is 0 Å². The van der Waals surface area contributed by atoms with Crippen LogP contribution in [0.3, 0.4) is 0 Å². The molecule has 3 atom stereocenters. The van der Waals surface area contributed by atoms with Gasteiger partial charge in [-0.2, -0.15) is 0 Å². The Bertz CT molecular complexity index is 280. The zero-order valence-corrected chi connectivity index (χ0v) is 14.1. The first kappa shape index (κ1) is 16.3. The summed E-state index contributed by atoms with van der Waals surface area (Å²) in [5, 5.41) is 3.65. The molecule has 1 N–H and O–H groups in total. The summed E-state index contributed by atoms with van der Waals surface area (Å²) in [4.78, 5) is 0. The molecule has 2 saturated carbocycles. The second kappa shape index (κ2) is 7.26. The van der Waals surface area contributed by atoms with Crippen molar-refractivity contribution in [3.63, 3.8) is 0 Å². The Morgan fingerprint density at radius 1 is 1.10 bits per heavy atom. The Balaban J connectivity index is 1.81. The van der Waals surface area contributed by atoms with Crippen LogP contribution < -0.4 is 5.32 Å². The van der Waals surface area contributed by atoms with Crippen LogP contribution in [0.4, 0.5) is 0 Å². The van der Waals surface area contributed by atoms with E-state index in [1.165, 1.54) is 44.9 Å². The molecule has 0 aromatic heterocycles. The summed E-state index contributed by atoms with van der Waals surface area (Å²) in [6.45, 7) is 11.4. The largest absolute Gasteiger partial charge is 0.377 e. The van der Waals surface area contributed by atoms with Gasteiger partial charge in [0.2, 0.25) is 0 Å². The summed E-state index contributed by atoms with van der Waals surface area (Å²) in [5.74, 6) is 1.78. The molecule has 2 nitrogen and oxygen atoms in total. The van der Waals surface area contributed by atoms with Gasteiger partial charge in [-0.05, 0) is 49.5 Å². The topological polar surface area (TPSA) is 21.3 Å². The molecule has 0 aromatic carbocycles. The molecule has 0 bridgehead atoms. The minimum absolute atomic E-state index is 0.423. The Hall–Kier alpha value is -0.0800. The Kier molecular flexibility index (Phi) is 5.92. The SMILES string of the molecule is CCNC1CCC(C(C)(C)C)CC1OCCC1CCC1. The molecule has 2 rings (SSSR count). The van der Waals surface area contributed by atoms with Crippen LogP contribution in [0.1, 0.15) is 72.6 Å². The molecular weight excluding hydrogens is 246 g/mol. The van der Waals surface area contributed by atoms with Crippen LogP contribution in [0, 0.1) is 17.3 Å². The highest BCUT2D eigenvalue weighted by Crippen LogP contribution is 2.39. The minimum Gasteiger partial charge on any atom is -0.377 e. The van der Waals surface area contributed by atoms with Crippen LogP contribution in [-0.2, 0) is 4.74 Å². The molecule has 2 fully saturated rings. The lowest BCUT2D eigenvalue weighted by atomic mass is 9.70. The third-order valence-corrected chi connectivity index (χ3v) is 5.57. The van der Waals surface area contributed by atoms with E-state index in [0.717, 1.165) is 25.0 Å². The highest BCUT2D eigenvalue weighted by molar-refractivity contribution is 4.89. The summed E-state index contributed by atoms with van der Waals surface area (Å²) in [7, 11) is 0. The predicted molar refractivity (Wildman–Crippen MR) is 86.0 cm³/mol. The molecular formula is C18H35NO. The third kappa shape index (κ3) is 4.46. The number of ether oxygens (including phenoxy) is 1. The second-order valence-corrected chi connectivity index (χ2v) is 8.04. The smallest absolute Gasteiger partial charge is 0.0730 e. The zero-order valence-electron chi connectivity index (χ0n) is 14.1. The predicted octanol–water partition coefficient (Wildman–Crippen LogP) is 4.39. The Labute approximate surface area is 126 Å². The van der Waals surface area contributed by atoms with Crippen molar-refractivity contribution in [2.24, 2.45) is 17.3 Å². The molecule has 0 saturated heterocycles. The molecule has 118 valence electrons. The fourth-order valence-electron chi connectivity index (χ4n) is 3.76. The maximum absolute atomic E-state index is 6.32. The van der Waals surface area contributed by atoms with Crippen LogP contribution in [-0.4, -0.2) is 25.3 Å². The minimum atomic E-state index is 0.423. The van der Waals surface area contributed by atoms with Gasteiger partial charge in [0.1, 0.15) is 0 Å². The van der Waals surface area contributed by atoms with E-state index in [9.17, 15) is 0 Å². The van der Waals surface area contributed by atoms with Crippen LogP contribution in [0.25, 0.3) is 0 Å². The van der Waals surface area contributed by atoms with E-state index in [1.807, 2.05) is 0 Å². The first-order chi connectivity index (χ1) is 9.50. The molecule has 0 radical (unpaired) electrons. The van der Waals surface area contributed by atoms with Crippen molar-refractivity contribution in [1.29, 1.82) is 0 Å². The van der Waals surface area contributed by atoms with Crippen molar-refractivity contribution < 1.29 is 4.74 Å². The maximum atomic E-state index is 6.32. The molecule has 0 aliphatic heterocycles. The number of likely N-dealkylation sites (N-methyl/N-ethyl adjacent to an activating group) is 1. The lowest BCUT2D eigenvalue weighted by molar-refractivity contribution is -0.0340. The van der Waals surface area contributed by atoms with Crippen LogP contribution in [0.2, 0.25) is 0 Å². The van der Waals surface area contributed by atoms with Gasteiger partial charge in [0.25, 0.3) is 0 Å². The second-order valence-electron chi connectivity index (χ2n) is 8.04. The van der Waals surface area contributed by atoms with E-state index in [2.05, 4.69) is 33.0 Å². The number of nitrogens with one attached hydrogen (secondary N) is 1. The van der Waals surface area contributed by atoms with Gasteiger partial charge in [-0.1, -0.05) is 47.0 Å².